The number of hydrogen-bond acceptors (Lipinski definition) is 4. The summed E-state index contributed by atoms with van der Waals surface area (Å²) in [5.41, 5.74) is 0.910. The van der Waals surface area contributed by atoms with Crippen molar-refractivity contribution in [1.29, 1.82) is 0 Å². The van der Waals surface area contributed by atoms with Crippen LogP contribution in [-0.2, 0) is 15.3 Å². The predicted molar refractivity (Wildman–Crippen MR) is 99.6 cm³/mol. The molecule has 0 saturated heterocycles. The third kappa shape index (κ3) is 3.90. The van der Waals surface area contributed by atoms with Crippen LogP contribution in [0, 0.1) is 5.82 Å². The lowest BCUT2D eigenvalue weighted by Gasteiger charge is -2.14. The van der Waals surface area contributed by atoms with E-state index in [4.69, 9.17) is 4.42 Å². The molecule has 0 N–H and O–H groups in total. The van der Waals surface area contributed by atoms with Gasteiger partial charge >= 0.3 is 0 Å². The van der Waals surface area contributed by atoms with Crippen LogP contribution in [0.5, 0.6) is 0 Å². The largest absolute Gasteiger partial charge is 0.468 e. The first kappa shape index (κ1) is 18.5. The van der Waals surface area contributed by atoms with Gasteiger partial charge in [0.05, 0.1) is 22.5 Å². The summed E-state index contributed by atoms with van der Waals surface area (Å²) in [6.07, 6.45) is 4.32. The van der Waals surface area contributed by atoms with Crippen LogP contribution in [0.2, 0.25) is 0 Å². The number of benzene rings is 1. The van der Waals surface area contributed by atoms with E-state index < -0.39 is 0 Å². The van der Waals surface area contributed by atoms with Crippen molar-refractivity contribution in [3.05, 3.63) is 64.7 Å². The van der Waals surface area contributed by atoms with E-state index in [0.29, 0.717) is 28.3 Å². The van der Waals surface area contributed by atoms with Crippen LogP contribution in [0.25, 0.3) is 5.57 Å². The molecule has 136 valence electrons. The molecule has 2 aromatic rings. The molecule has 1 aromatic carbocycles. The summed E-state index contributed by atoms with van der Waals surface area (Å²) in [5.74, 6) is 0.220. The summed E-state index contributed by atoms with van der Waals surface area (Å²) in [6, 6.07) is 9.29. The van der Waals surface area contributed by atoms with Crippen molar-refractivity contribution < 1.29 is 18.4 Å². The van der Waals surface area contributed by atoms with Crippen LogP contribution < -0.4 is 0 Å². The smallest absolute Gasteiger partial charge is 0.267 e. The fourth-order valence-electron chi connectivity index (χ4n) is 2.82. The molecule has 0 saturated carbocycles. The lowest BCUT2D eigenvalue weighted by molar-refractivity contribution is -0.136. The van der Waals surface area contributed by atoms with Crippen LogP contribution in [0.15, 0.2) is 52.0 Å². The number of furan rings is 1. The second-order valence-corrected chi connectivity index (χ2v) is 7.03. The Labute approximate surface area is 156 Å². The molecule has 0 atom stereocenters. The Morgan fingerprint density at radius 1 is 1.08 bits per heavy atom. The molecular weight excluding hydrogens is 353 g/mol. The van der Waals surface area contributed by atoms with Gasteiger partial charge in [0.2, 0.25) is 0 Å². The molecular formula is C20H20FNO3S. The maximum atomic E-state index is 13.3. The third-order valence-electron chi connectivity index (χ3n) is 4.18. The first-order valence-corrected chi connectivity index (χ1v) is 9.62. The minimum absolute atomic E-state index is 0.276. The van der Waals surface area contributed by atoms with Gasteiger partial charge in [0.25, 0.3) is 11.8 Å². The molecule has 0 unspecified atom stereocenters. The second-order valence-electron chi connectivity index (χ2n) is 6.05. The molecule has 1 aliphatic rings. The van der Waals surface area contributed by atoms with E-state index in [2.05, 4.69) is 6.92 Å². The first-order valence-electron chi connectivity index (χ1n) is 8.63. The van der Waals surface area contributed by atoms with Gasteiger partial charge in [-0.05, 0) is 36.2 Å². The van der Waals surface area contributed by atoms with Crippen molar-refractivity contribution in [2.45, 2.75) is 31.9 Å². The van der Waals surface area contributed by atoms with E-state index >= 15 is 0 Å². The standard InChI is InChI=1S/C20H20FNO3S/c1-2-3-4-11-22-19(23)17(14-7-9-15(21)10-8-14)18(20(22)24)26-13-16-6-5-12-25-16/h5-10,12H,2-4,11,13H2,1H3. The van der Waals surface area contributed by atoms with Crippen molar-refractivity contribution in [3.8, 4) is 0 Å². The third-order valence-corrected chi connectivity index (χ3v) is 5.28. The molecule has 4 nitrogen and oxygen atoms in total. The number of unbranched alkanes of at least 4 members (excludes halogenated alkanes) is 2. The quantitative estimate of drug-likeness (QED) is 0.500. The zero-order valence-electron chi connectivity index (χ0n) is 14.5. The fourth-order valence-corrected chi connectivity index (χ4v) is 3.85. The Hall–Kier alpha value is -2.34. The maximum absolute atomic E-state index is 13.3. The predicted octanol–water partition coefficient (Wildman–Crippen LogP) is 4.62. The highest BCUT2D eigenvalue weighted by Crippen LogP contribution is 2.37. The average Bonchev–Trinajstić information content (AvgIpc) is 3.23. The summed E-state index contributed by atoms with van der Waals surface area (Å²) in [7, 11) is 0. The minimum atomic E-state index is -0.379. The van der Waals surface area contributed by atoms with Gasteiger partial charge < -0.3 is 4.42 Å². The molecule has 1 aromatic heterocycles. The minimum Gasteiger partial charge on any atom is -0.468 e. The average molecular weight is 373 g/mol. The molecule has 26 heavy (non-hydrogen) atoms. The zero-order valence-corrected chi connectivity index (χ0v) is 15.4. The highest BCUT2D eigenvalue weighted by atomic mass is 32.2. The Balaban J connectivity index is 1.89. The van der Waals surface area contributed by atoms with Crippen LogP contribution in [0.3, 0.4) is 0 Å². The van der Waals surface area contributed by atoms with Gasteiger partial charge in [0, 0.05) is 6.54 Å². The Morgan fingerprint density at radius 3 is 2.50 bits per heavy atom. The lowest BCUT2D eigenvalue weighted by atomic mass is 10.1. The van der Waals surface area contributed by atoms with Crippen LogP contribution in [-0.4, -0.2) is 23.3 Å². The van der Waals surface area contributed by atoms with Crippen molar-refractivity contribution in [2.24, 2.45) is 0 Å². The molecule has 0 fully saturated rings. The van der Waals surface area contributed by atoms with Crippen LogP contribution in [0.4, 0.5) is 4.39 Å². The van der Waals surface area contributed by atoms with Crippen molar-refractivity contribution in [2.75, 3.05) is 6.54 Å². The van der Waals surface area contributed by atoms with E-state index in [1.54, 1.807) is 24.5 Å². The normalized spacial score (nSPS) is 14.6. The van der Waals surface area contributed by atoms with Crippen molar-refractivity contribution >= 4 is 29.1 Å². The number of carbonyl (C=O) groups is 2. The highest BCUT2D eigenvalue weighted by molar-refractivity contribution is 8.03. The van der Waals surface area contributed by atoms with Gasteiger partial charge in [0.15, 0.2) is 0 Å². The van der Waals surface area contributed by atoms with E-state index in [1.165, 1.54) is 28.8 Å². The van der Waals surface area contributed by atoms with E-state index in [0.717, 1.165) is 25.0 Å². The molecule has 3 rings (SSSR count). The highest BCUT2D eigenvalue weighted by Gasteiger charge is 2.38. The van der Waals surface area contributed by atoms with Gasteiger partial charge in [-0.3, -0.25) is 14.5 Å². The Kier molecular flexibility index (Phi) is 5.93. The van der Waals surface area contributed by atoms with Crippen molar-refractivity contribution in [1.82, 2.24) is 4.90 Å². The molecule has 2 heterocycles. The number of imide groups is 1. The number of rotatable bonds is 8. The number of thioether (sulfide) groups is 1. The summed E-state index contributed by atoms with van der Waals surface area (Å²) in [5, 5.41) is 0. The van der Waals surface area contributed by atoms with Gasteiger partial charge in [-0.15, -0.1) is 11.8 Å². The number of halogens is 1. The van der Waals surface area contributed by atoms with Crippen molar-refractivity contribution in [3.63, 3.8) is 0 Å². The van der Waals surface area contributed by atoms with Crippen LogP contribution >= 0.6 is 11.8 Å². The Morgan fingerprint density at radius 2 is 1.85 bits per heavy atom. The van der Waals surface area contributed by atoms with E-state index in [9.17, 15) is 14.0 Å². The monoisotopic (exact) mass is 373 g/mol. The van der Waals surface area contributed by atoms with E-state index in [-0.39, 0.29) is 17.6 Å². The summed E-state index contributed by atoms with van der Waals surface area (Å²) < 4.78 is 18.6. The SMILES string of the molecule is CCCCCN1C(=O)C(SCc2ccco2)=C(c2ccc(F)cc2)C1=O. The summed E-state index contributed by atoms with van der Waals surface area (Å²) in [4.78, 5) is 27.4. The number of carbonyl (C=O) groups excluding carboxylic acids is 2. The number of nitrogens with zero attached hydrogens (tertiary/aromatic N) is 1. The van der Waals surface area contributed by atoms with Gasteiger partial charge in [-0.25, -0.2) is 4.39 Å². The van der Waals surface area contributed by atoms with Gasteiger partial charge in [0.1, 0.15) is 11.6 Å². The maximum Gasteiger partial charge on any atom is 0.267 e. The molecule has 6 heteroatoms. The molecule has 0 bridgehead atoms. The lowest BCUT2D eigenvalue weighted by Crippen LogP contribution is -2.32. The summed E-state index contributed by atoms with van der Waals surface area (Å²) >= 11 is 1.28. The molecule has 0 radical (unpaired) electrons. The zero-order chi connectivity index (χ0) is 18.5. The van der Waals surface area contributed by atoms with Gasteiger partial charge in [-0.1, -0.05) is 31.9 Å². The Bertz CT molecular complexity index is 812. The van der Waals surface area contributed by atoms with Gasteiger partial charge in [-0.2, -0.15) is 0 Å². The number of hydrogen-bond donors (Lipinski definition) is 0. The van der Waals surface area contributed by atoms with E-state index in [1.807, 2.05) is 6.07 Å². The summed E-state index contributed by atoms with van der Waals surface area (Å²) in [6.45, 7) is 2.47. The topological polar surface area (TPSA) is 50.5 Å². The molecule has 0 spiro atoms. The molecule has 0 aliphatic carbocycles. The molecule has 1 aliphatic heterocycles. The second kappa shape index (κ2) is 8.36. The van der Waals surface area contributed by atoms with Crippen LogP contribution in [0.1, 0.15) is 37.5 Å². The molecule has 2 amide bonds. The number of amides is 2. The fraction of sp³-hybridized carbons (Fsp3) is 0.300. The first-order chi connectivity index (χ1) is 12.6.